The molecule has 0 aliphatic carbocycles. The SMILES string of the molecule is CC(=O)SC1CC(=O)N(c2ccc3c(ccn3C)c2)C1. The summed E-state index contributed by atoms with van der Waals surface area (Å²) < 4.78 is 2.05. The number of rotatable bonds is 2. The van der Waals surface area contributed by atoms with Crippen molar-refractivity contribution in [3.8, 4) is 0 Å². The molecule has 20 heavy (non-hydrogen) atoms. The Labute approximate surface area is 121 Å². The fourth-order valence-electron chi connectivity index (χ4n) is 2.67. The molecule has 2 aromatic rings. The van der Waals surface area contributed by atoms with Crippen molar-refractivity contribution in [1.82, 2.24) is 4.57 Å². The largest absolute Gasteiger partial charge is 0.351 e. The van der Waals surface area contributed by atoms with Gasteiger partial charge in [0.25, 0.3) is 0 Å². The average molecular weight is 288 g/mol. The first kappa shape index (κ1) is 13.2. The van der Waals surface area contributed by atoms with E-state index in [-0.39, 0.29) is 16.3 Å². The highest BCUT2D eigenvalue weighted by Crippen LogP contribution is 2.30. The number of fused-ring (bicyclic) bond motifs is 1. The van der Waals surface area contributed by atoms with Gasteiger partial charge in [0.05, 0.1) is 0 Å². The van der Waals surface area contributed by atoms with Crippen LogP contribution >= 0.6 is 11.8 Å². The van der Waals surface area contributed by atoms with E-state index in [1.165, 1.54) is 11.8 Å². The highest BCUT2D eigenvalue weighted by molar-refractivity contribution is 8.14. The predicted molar refractivity (Wildman–Crippen MR) is 81.9 cm³/mol. The van der Waals surface area contributed by atoms with E-state index in [9.17, 15) is 9.59 Å². The standard InChI is InChI=1S/C15H16N2O2S/c1-10(18)20-13-8-15(19)17(9-13)12-3-4-14-11(7-12)5-6-16(14)2/h3-7,13H,8-9H2,1-2H3. The first-order valence-electron chi connectivity index (χ1n) is 6.57. The van der Waals surface area contributed by atoms with E-state index in [1.807, 2.05) is 37.5 Å². The number of hydrogen-bond donors (Lipinski definition) is 0. The number of carbonyl (C=O) groups is 2. The Morgan fingerprint density at radius 1 is 1.35 bits per heavy atom. The van der Waals surface area contributed by atoms with Crippen LogP contribution in [0.4, 0.5) is 5.69 Å². The van der Waals surface area contributed by atoms with Gasteiger partial charge in [-0.3, -0.25) is 9.59 Å². The summed E-state index contributed by atoms with van der Waals surface area (Å²) in [5.74, 6) is 0.0963. The van der Waals surface area contributed by atoms with E-state index >= 15 is 0 Å². The number of aryl methyl sites for hydroxylation is 1. The number of carbonyl (C=O) groups excluding carboxylic acids is 2. The molecule has 104 valence electrons. The number of benzene rings is 1. The van der Waals surface area contributed by atoms with Crippen LogP contribution in [-0.2, 0) is 16.6 Å². The van der Waals surface area contributed by atoms with E-state index in [1.54, 1.807) is 11.8 Å². The zero-order valence-electron chi connectivity index (χ0n) is 11.5. The number of anilines is 1. The van der Waals surface area contributed by atoms with Gasteiger partial charge in [0.1, 0.15) is 0 Å². The van der Waals surface area contributed by atoms with E-state index in [0.717, 1.165) is 16.6 Å². The van der Waals surface area contributed by atoms with Gasteiger partial charge >= 0.3 is 0 Å². The topological polar surface area (TPSA) is 42.3 Å². The van der Waals surface area contributed by atoms with Crippen LogP contribution in [0.2, 0.25) is 0 Å². The third-order valence-corrected chi connectivity index (χ3v) is 4.58. The second-order valence-corrected chi connectivity index (χ2v) is 6.59. The van der Waals surface area contributed by atoms with Crippen LogP contribution in [0.15, 0.2) is 30.5 Å². The first-order valence-corrected chi connectivity index (χ1v) is 7.45. The maximum atomic E-state index is 12.1. The third kappa shape index (κ3) is 2.33. The Kier molecular flexibility index (Phi) is 3.30. The van der Waals surface area contributed by atoms with Crippen molar-refractivity contribution < 1.29 is 9.59 Å². The van der Waals surface area contributed by atoms with Gasteiger partial charge in [-0.25, -0.2) is 0 Å². The first-order chi connectivity index (χ1) is 9.54. The molecule has 0 radical (unpaired) electrons. The predicted octanol–water partition coefficient (Wildman–Crippen LogP) is 2.56. The molecule has 0 N–H and O–H groups in total. The van der Waals surface area contributed by atoms with Gasteiger partial charge in [0, 0.05) is 55.0 Å². The van der Waals surface area contributed by atoms with Crippen LogP contribution in [0.5, 0.6) is 0 Å². The van der Waals surface area contributed by atoms with Crippen LogP contribution in [0.25, 0.3) is 10.9 Å². The zero-order chi connectivity index (χ0) is 14.3. The van der Waals surface area contributed by atoms with E-state index in [0.29, 0.717) is 13.0 Å². The lowest BCUT2D eigenvalue weighted by molar-refractivity contribution is -0.117. The Bertz CT molecular complexity index is 692. The second kappa shape index (κ2) is 4.98. The molecule has 0 spiro atoms. The van der Waals surface area contributed by atoms with Crippen molar-refractivity contribution >= 4 is 39.4 Å². The Hall–Kier alpha value is -1.75. The van der Waals surface area contributed by atoms with Crippen LogP contribution in [0.3, 0.4) is 0 Å². The van der Waals surface area contributed by atoms with Gasteiger partial charge in [0.15, 0.2) is 5.12 Å². The summed E-state index contributed by atoms with van der Waals surface area (Å²) in [5.41, 5.74) is 2.07. The van der Waals surface area contributed by atoms with Gasteiger partial charge in [-0.05, 0) is 24.3 Å². The van der Waals surface area contributed by atoms with Gasteiger partial charge in [0.2, 0.25) is 5.91 Å². The minimum Gasteiger partial charge on any atom is -0.351 e. The third-order valence-electron chi connectivity index (χ3n) is 3.60. The smallest absolute Gasteiger partial charge is 0.228 e. The molecule has 1 atom stereocenters. The number of hydrogen-bond acceptors (Lipinski definition) is 3. The highest BCUT2D eigenvalue weighted by atomic mass is 32.2. The molecule has 3 rings (SSSR count). The number of thioether (sulfide) groups is 1. The second-order valence-electron chi connectivity index (χ2n) is 5.11. The lowest BCUT2D eigenvalue weighted by atomic mass is 10.2. The molecule has 4 nitrogen and oxygen atoms in total. The molecule has 5 heteroatoms. The van der Waals surface area contributed by atoms with Crippen LogP contribution in [0.1, 0.15) is 13.3 Å². The lowest BCUT2D eigenvalue weighted by Crippen LogP contribution is -2.24. The van der Waals surface area contributed by atoms with E-state index in [2.05, 4.69) is 4.57 Å². The summed E-state index contributed by atoms with van der Waals surface area (Å²) in [6, 6.07) is 8.08. The number of nitrogens with zero attached hydrogens (tertiary/aromatic N) is 2. The van der Waals surface area contributed by atoms with Gasteiger partial charge in [-0.1, -0.05) is 11.8 Å². The fourth-order valence-corrected chi connectivity index (χ4v) is 3.59. The van der Waals surface area contributed by atoms with Crippen molar-refractivity contribution in [3.05, 3.63) is 30.5 Å². The molecule has 1 unspecified atom stereocenters. The molecule has 0 bridgehead atoms. The zero-order valence-corrected chi connectivity index (χ0v) is 12.3. The Morgan fingerprint density at radius 2 is 2.15 bits per heavy atom. The van der Waals surface area contributed by atoms with E-state index in [4.69, 9.17) is 0 Å². The molecule has 1 fully saturated rings. The van der Waals surface area contributed by atoms with Gasteiger partial charge in [-0.15, -0.1) is 0 Å². The summed E-state index contributed by atoms with van der Waals surface area (Å²) >= 11 is 1.27. The van der Waals surface area contributed by atoms with Crippen molar-refractivity contribution in [2.24, 2.45) is 7.05 Å². The molecule has 1 aromatic carbocycles. The molecular weight excluding hydrogens is 272 g/mol. The van der Waals surface area contributed by atoms with Crippen LogP contribution < -0.4 is 4.90 Å². The maximum absolute atomic E-state index is 12.1. The van der Waals surface area contributed by atoms with Gasteiger partial charge < -0.3 is 9.47 Å². The highest BCUT2D eigenvalue weighted by Gasteiger charge is 2.31. The molecule has 1 aromatic heterocycles. The average Bonchev–Trinajstić information content (AvgIpc) is 2.92. The lowest BCUT2D eigenvalue weighted by Gasteiger charge is -2.16. The summed E-state index contributed by atoms with van der Waals surface area (Å²) in [4.78, 5) is 25.0. The molecule has 1 saturated heterocycles. The number of amides is 1. The normalized spacial score (nSPS) is 19.0. The summed E-state index contributed by atoms with van der Waals surface area (Å²) in [5, 5.41) is 1.27. The van der Waals surface area contributed by atoms with Crippen LogP contribution in [-0.4, -0.2) is 27.4 Å². The maximum Gasteiger partial charge on any atom is 0.228 e. The van der Waals surface area contributed by atoms with E-state index < -0.39 is 0 Å². The number of aromatic nitrogens is 1. The molecule has 1 aliphatic heterocycles. The summed E-state index contributed by atoms with van der Waals surface area (Å²) in [6.45, 7) is 2.16. The molecule has 2 heterocycles. The molecule has 1 amide bonds. The summed E-state index contributed by atoms with van der Waals surface area (Å²) in [7, 11) is 2.00. The molecule has 1 aliphatic rings. The van der Waals surface area contributed by atoms with Crippen molar-refractivity contribution in [1.29, 1.82) is 0 Å². The quantitative estimate of drug-likeness (QED) is 0.853. The monoisotopic (exact) mass is 288 g/mol. The Morgan fingerprint density at radius 3 is 2.90 bits per heavy atom. The summed E-state index contributed by atoms with van der Waals surface area (Å²) in [6.07, 6.45) is 2.45. The fraction of sp³-hybridized carbons (Fsp3) is 0.333. The Balaban J connectivity index is 1.87. The van der Waals surface area contributed by atoms with Crippen molar-refractivity contribution in [3.63, 3.8) is 0 Å². The minimum atomic E-state index is 0.0724. The van der Waals surface area contributed by atoms with Gasteiger partial charge in [-0.2, -0.15) is 0 Å². The van der Waals surface area contributed by atoms with Crippen LogP contribution in [0, 0.1) is 0 Å². The minimum absolute atomic E-state index is 0.0724. The van der Waals surface area contributed by atoms with Crippen molar-refractivity contribution in [2.45, 2.75) is 18.6 Å². The molecular formula is C15H16N2O2S. The van der Waals surface area contributed by atoms with Crippen molar-refractivity contribution in [2.75, 3.05) is 11.4 Å². The molecule has 0 saturated carbocycles.